The van der Waals surface area contributed by atoms with Gasteiger partial charge in [0.05, 0.1) is 22.3 Å². The van der Waals surface area contributed by atoms with Crippen molar-refractivity contribution in [3.63, 3.8) is 0 Å². The van der Waals surface area contributed by atoms with Crippen LogP contribution in [0.25, 0.3) is 22.8 Å². The zero-order valence-electron chi connectivity index (χ0n) is 8.99. The lowest BCUT2D eigenvalue weighted by Gasteiger charge is -1.88. The molecule has 0 aliphatic heterocycles. The Kier molecular flexibility index (Phi) is 2.19. The monoisotopic (exact) mass is 247 g/mol. The normalized spacial score (nSPS) is 10.9. The number of aryl methyl sites for hydroxylation is 1. The van der Waals surface area contributed by atoms with Crippen molar-refractivity contribution in [2.45, 2.75) is 0 Å². The van der Waals surface area contributed by atoms with E-state index in [1.54, 1.807) is 10.9 Å². The second-order valence-corrected chi connectivity index (χ2v) is 4.47. The van der Waals surface area contributed by atoms with Gasteiger partial charge in [0.25, 0.3) is 5.89 Å². The third-order valence-corrected chi connectivity index (χ3v) is 3.06. The molecule has 0 aromatic carbocycles. The van der Waals surface area contributed by atoms with Crippen LogP contribution in [0, 0.1) is 0 Å². The number of hydrogen-bond acceptors (Lipinski definition) is 6. The standard InChI is InChI=1S/C10H9N5OS/c1-15-5-6(4-12-15)9-13-10(16-14-9)7-2-3-17-8(7)11/h2-5H,11H2,1H3. The van der Waals surface area contributed by atoms with Gasteiger partial charge in [-0.2, -0.15) is 10.1 Å². The van der Waals surface area contributed by atoms with Crippen LogP contribution in [-0.4, -0.2) is 19.9 Å². The Labute approximate surface area is 101 Å². The van der Waals surface area contributed by atoms with Crippen LogP contribution in [-0.2, 0) is 7.05 Å². The molecule has 0 saturated heterocycles. The number of rotatable bonds is 2. The van der Waals surface area contributed by atoms with Crippen molar-refractivity contribution in [3.05, 3.63) is 23.8 Å². The topological polar surface area (TPSA) is 82.8 Å². The van der Waals surface area contributed by atoms with E-state index in [0.717, 1.165) is 11.1 Å². The van der Waals surface area contributed by atoms with Gasteiger partial charge in [-0.15, -0.1) is 11.3 Å². The van der Waals surface area contributed by atoms with Crippen LogP contribution >= 0.6 is 11.3 Å². The summed E-state index contributed by atoms with van der Waals surface area (Å²) in [6, 6.07) is 1.86. The number of anilines is 1. The van der Waals surface area contributed by atoms with Crippen molar-refractivity contribution >= 4 is 16.3 Å². The second kappa shape index (κ2) is 3.70. The van der Waals surface area contributed by atoms with Crippen LogP contribution in [0.3, 0.4) is 0 Å². The molecule has 0 saturated carbocycles. The van der Waals surface area contributed by atoms with E-state index >= 15 is 0 Å². The number of aromatic nitrogens is 4. The van der Waals surface area contributed by atoms with Crippen molar-refractivity contribution in [1.29, 1.82) is 0 Å². The molecule has 0 aliphatic rings. The lowest BCUT2D eigenvalue weighted by molar-refractivity contribution is 0.432. The van der Waals surface area contributed by atoms with E-state index in [4.69, 9.17) is 10.3 Å². The first-order chi connectivity index (χ1) is 8.24. The fourth-order valence-corrected chi connectivity index (χ4v) is 2.12. The van der Waals surface area contributed by atoms with Crippen LogP contribution in [0.2, 0.25) is 0 Å². The van der Waals surface area contributed by atoms with Crippen LogP contribution in [0.4, 0.5) is 5.00 Å². The minimum absolute atomic E-state index is 0.433. The number of nitrogens with two attached hydrogens (primary N) is 1. The van der Waals surface area contributed by atoms with E-state index in [-0.39, 0.29) is 0 Å². The fraction of sp³-hybridized carbons (Fsp3) is 0.100. The van der Waals surface area contributed by atoms with Gasteiger partial charge >= 0.3 is 0 Å². The van der Waals surface area contributed by atoms with Gasteiger partial charge in [-0.3, -0.25) is 4.68 Å². The zero-order chi connectivity index (χ0) is 11.8. The zero-order valence-corrected chi connectivity index (χ0v) is 9.81. The average molecular weight is 247 g/mol. The number of nitrogens with zero attached hydrogens (tertiary/aromatic N) is 4. The molecule has 3 rings (SSSR count). The molecule has 0 aliphatic carbocycles. The van der Waals surface area contributed by atoms with Gasteiger partial charge in [0.1, 0.15) is 0 Å². The predicted molar refractivity (Wildman–Crippen MR) is 64.2 cm³/mol. The molecule has 0 bridgehead atoms. The molecule has 3 heterocycles. The molecule has 7 heteroatoms. The Balaban J connectivity index is 2.01. The molecule has 0 fully saturated rings. The molecule has 0 unspecified atom stereocenters. The van der Waals surface area contributed by atoms with Crippen molar-refractivity contribution in [1.82, 2.24) is 19.9 Å². The molecule has 0 atom stereocenters. The third-order valence-electron chi connectivity index (χ3n) is 2.31. The van der Waals surface area contributed by atoms with E-state index in [9.17, 15) is 0 Å². The molecule has 2 N–H and O–H groups in total. The quantitative estimate of drug-likeness (QED) is 0.746. The predicted octanol–water partition coefficient (Wildman–Crippen LogP) is 1.78. The molecule has 0 amide bonds. The first-order valence-corrected chi connectivity index (χ1v) is 5.78. The smallest absolute Gasteiger partial charge is 0.261 e. The van der Waals surface area contributed by atoms with Gasteiger partial charge in [0.15, 0.2) is 0 Å². The van der Waals surface area contributed by atoms with E-state index in [0.29, 0.717) is 16.7 Å². The van der Waals surface area contributed by atoms with Crippen LogP contribution in [0.1, 0.15) is 0 Å². The summed E-state index contributed by atoms with van der Waals surface area (Å²) in [6.07, 6.45) is 3.51. The van der Waals surface area contributed by atoms with Gasteiger partial charge < -0.3 is 10.3 Å². The van der Waals surface area contributed by atoms with Crippen LogP contribution in [0.15, 0.2) is 28.4 Å². The summed E-state index contributed by atoms with van der Waals surface area (Å²) in [7, 11) is 1.83. The van der Waals surface area contributed by atoms with Crippen LogP contribution < -0.4 is 5.73 Å². The first kappa shape index (κ1) is 10.0. The minimum Gasteiger partial charge on any atom is -0.390 e. The molecule has 17 heavy (non-hydrogen) atoms. The lowest BCUT2D eigenvalue weighted by Crippen LogP contribution is -1.84. The molecule has 6 nitrogen and oxygen atoms in total. The SMILES string of the molecule is Cn1cc(-c2noc(-c3ccsc3N)n2)cn1. The second-order valence-electron chi connectivity index (χ2n) is 3.52. The number of hydrogen-bond donors (Lipinski definition) is 1. The maximum absolute atomic E-state index is 5.80. The Hall–Kier alpha value is -2.15. The summed E-state index contributed by atoms with van der Waals surface area (Å²) in [4.78, 5) is 4.29. The highest BCUT2D eigenvalue weighted by Crippen LogP contribution is 2.30. The van der Waals surface area contributed by atoms with Crippen molar-refractivity contribution in [2.75, 3.05) is 5.73 Å². The molecule has 3 aromatic heterocycles. The molecule has 3 aromatic rings. The Morgan fingerprint density at radius 1 is 1.47 bits per heavy atom. The summed E-state index contributed by atoms with van der Waals surface area (Å²) < 4.78 is 6.87. The third kappa shape index (κ3) is 1.70. The minimum atomic E-state index is 0.433. The fourth-order valence-electron chi connectivity index (χ4n) is 1.48. The van der Waals surface area contributed by atoms with Gasteiger partial charge in [-0.1, -0.05) is 5.16 Å². The largest absolute Gasteiger partial charge is 0.390 e. The van der Waals surface area contributed by atoms with E-state index in [2.05, 4.69) is 15.2 Å². The summed E-state index contributed by atoms with van der Waals surface area (Å²) in [5.74, 6) is 0.946. The van der Waals surface area contributed by atoms with Crippen LogP contribution in [0.5, 0.6) is 0 Å². The van der Waals surface area contributed by atoms with Gasteiger partial charge in [-0.05, 0) is 11.4 Å². The highest BCUT2D eigenvalue weighted by atomic mass is 32.1. The van der Waals surface area contributed by atoms with Crippen molar-refractivity contribution < 1.29 is 4.52 Å². The number of nitrogen functional groups attached to an aromatic ring is 1. The molecule has 0 spiro atoms. The van der Waals surface area contributed by atoms with E-state index < -0.39 is 0 Å². The Morgan fingerprint density at radius 2 is 2.35 bits per heavy atom. The van der Waals surface area contributed by atoms with Crippen molar-refractivity contribution in [2.24, 2.45) is 7.05 Å². The molecular formula is C10H9N5OS. The molecule has 0 radical (unpaired) electrons. The summed E-state index contributed by atoms with van der Waals surface area (Å²) in [6.45, 7) is 0. The van der Waals surface area contributed by atoms with Gasteiger partial charge in [-0.25, -0.2) is 0 Å². The Morgan fingerprint density at radius 3 is 3.00 bits per heavy atom. The maximum Gasteiger partial charge on any atom is 0.261 e. The van der Waals surface area contributed by atoms with Crippen molar-refractivity contribution in [3.8, 4) is 22.8 Å². The lowest BCUT2D eigenvalue weighted by atomic mass is 10.3. The summed E-state index contributed by atoms with van der Waals surface area (Å²) in [5, 5.41) is 10.5. The number of thiophene rings is 1. The molecule has 86 valence electrons. The molecular weight excluding hydrogens is 238 g/mol. The summed E-state index contributed by atoms with van der Waals surface area (Å²) >= 11 is 1.44. The maximum atomic E-state index is 5.80. The van der Waals surface area contributed by atoms with E-state index in [1.807, 2.05) is 24.7 Å². The van der Waals surface area contributed by atoms with Gasteiger partial charge in [0, 0.05) is 13.2 Å². The first-order valence-electron chi connectivity index (χ1n) is 4.90. The highest BCUT2D eigenvalue weighted by molar-refractivity contribution is 7.14. The van der Waals surface area contributed by atoms with Gasteiger partial charge in [0.2, 0.25) is 5.82 Å². The van der Waals surface area contributed by atoms with E-state index in [1.165, 1.54) is 11.3 Å². The highest BCUT2D eigenvalue weighted by Gasteiger charge is 2.14. The average Bonchev–Trinajstić information content (AvgIpc) is 2.97. The summed E-state index contributed by atoms with van der Waals surface area (Å²) in [5.41, 5.74) is 7.39. The Bertz CT molecular complexity index is 653.